The number of nitrogens with two attached hydrogens (primary N) is 1. The number of nitrogens with one attached hydrogen (secondary N) is 2. The van der Waals surface area contributed by atoms with Gasteiger partial charge in [-0.2, -0.15) is 4.98 Å². The van der Waals surface area contributed by atoms with Gasteiger partial charge in [-0.3, -0.25) is 0 Å². The first-order chi connectivity index (χ1) is 10.7. The highest BCUT2D eigenvalue weighted by Gasteiger charge is 2.22. The van der Waals surface area contributed by atoms with Crippen LogP contribution in [0.25, 0.3) is 0 Å². The van der Waals surface area contributed by atoms with Gasteiger partial charge in [0.15, 0.2) is 0 Å². The molecule has 0 unspecified atom stereocenters. The third kappa shape index (κ3) is 3.89. The molecule has 118 valence electrons. The van der Waals surface area contributed by atoms with Crippen LogP contribution in [0.2, 0.25) is 0 Å². The van der Waals surface area contributed by atoms with Gasteiger partial charge >= 0.3 is 0 Å². The smallest absolute Gasteiger partial charge is 0.246 e. The number of halogens is 1. The molecule has 2 aromatic rings. The van der Waals surface area contributed by atoms with Crippen molar-refractivity contribution in [2.24, 2.45) is 0 Å². The van der Waals surface area contributed by atoms with E-state index in [-0.39, 0.29) is 0 Å². The van der Waals surface area contributed by atoms with E-state index in [0.717, 1.165) is 49.6 Å². The molecule has 1 aromatic heterocycles. The van der Waals surface area contributed by atoms with Gasteiger partial charge in [0, 0.05) is 4.47 Å². The molecule has 1 aliphatic rings. The fraction of sp³-hybridized carbons (Fsp3) is 0.429. The molecule has 1 aliphatic heterocycles. The first-order valence-corrected chi connectivity index (χ1v) is 8.15. The minimum Gasteiger partial charge on any atom is -0.488 e. The average Bonchev–Trinajstić information content (AvgIpc) is 2.97. The lowest BCUT2D eigenvalue weighted by Gasteiger charge is -2.31. The molecule has 0 aliphatic carbocycles. The zero-order valence-electron chi connectivity index (χ0n) is 12.3. The average molecular weight is 368 g/mol. The van der Waals surface area contributed by atoms with Crippen molar-refractivity contribution in [1.29, 1.82) is 0 Å². The molecule has 7 nitrogen and oxygen atoms in total. The van der Waals surface area contributed by atoms with E-state index in [1.807, 2.05) is 24.3 Å². The van der Waals surface area contributed by atoms with Crippen molar-refractivity contribution in [2.45, 2.75) is 0 Å². The summed E-state index contributed by atoms with van der Waals surface area (Å²) in [5, 5.41) is 6.78. The van der Waals surface area contributed by atoms with E-state index in [1.54, 1.807) is 0 Å². The lowest BCUT2D eigenvalue weighted by molar-refractivity contribution is -0.900. The number of anilines is 2. The van der Waals surface area contributed by atoms with Gasteiger partial charge in [-0.05, 0) is 24.3 Å². The van der Waals surface area contributed by atoms with Crippen molar-refractivity contribution in [1.82, 2.24) is 15.2 Å². The Balaban J connectivity index is 1.39. The van der Waals surface area contributed by atoms with E-state index in [1.165, 1.54) is 4.90 Å². The second kappa shape index (κ2) is 6.97. The molecule has 2 heterocycles. The van der Waals surface area contributed by atoms with Crippen molar-refractivity contribution in [3.05, 3.63) is 28.7 Å². The van der Waals surface area contributed by atoms with Gasteiger partial charge in [0.2, 0.25) is 11.9 Å². The van der Waals surface area contributed by atoms with Gasteiger partial charge < -0.3 is 20.3 Å². The van der Waals surface area contributed by atoms with Gasteiger partial charge in [0.1, 0.15) is 18.9 Å². The topological polar surface area (TPSA) is 84.5 Å². The summed E-state index contributed by atoms with van der Waals surface area (Å²) in [6.45, 7) is 5.71. The largest absolute Gasteiger partial charge is 0.488 e. The van der Waals surface area contributed by atoms with Crippen molar-refractivity contribution < 1.29 is 9.64 Å². The summed E-state index contributed by atoms with van der Waals surface area (Å²) >= 11 is 3.42. The maximum absolute atomic E-state index is 5.78. The van der Waals surface area contributed by atoms with Crippen LogP contribution in [0.1, 0.15) is 0 Å². The number of quaternary nitrogens is 1. The lowest BCUT2D eigenvalue weighted by Crippen LogP contribution is -3.15. The second-order valence-corrected chi connectivity index (χ2v) is 6.23. The van der Waals surface area contributed by atoms with E-state index >= 15 is 0 Å². The number of piperazine rings is 1. The zero-order chi connectivity index (χ0) is 15.4. The van der Waals surface area contributed by atoms with E-state index in [2.05, 4.69) is 36.0 Å². The van der Waals surface area contributed by atoms with Crippen LogP contribution >= 0.6 is 15.9 Å². The monoisotopic (exact) mass is 367 g/mol. The molecule has 0 amide bonds. The summed E-state index contributed by atoms with van der Waals surface area (Å²) in [6.07, 6.45) is 0. The number of rotatable bonds is 5. The minimum absolute atomic E-state index is 0.368. The number of nitrogens with zero attached hydrogens (tertiary/aromatic N) is 3. The first-order valence-electron chi connectivity index (χ1n) is 7.35. The molecule has 0 radical (unpaired) electrons. The molecule has 22 heavy (non-hydrogen) atoms. The Hall–Kier alpha value is -1.80. The van der Waals surface area contributed by atoms with Gasteiger partial charge in [-0.25, -0.2) is 5.10 Å². The standard InChI is InChI=1S/C14H19BrN6O/c15-11-1-3-12(4-2-11)22-10-9-20-5-7-21(8-6-20)14-17-13(16)18-19-14/h1-4H,5-10H2,(H3,16,17,18,19)/p+1. The van der Waals surface area contributed by atoms with Crippen molar-refractivity contribution in [2.75, 3.05) is 50.0 Å². The Bertz CT molecular complexity index is 594. The van der Waals surface area contributed by atoms with Gasteiger partial charge in [0.05, 0.1) is 26.2 Å². The Morgan fingerprint density at radius 3 is 2.64 bits per heavy atom. The quantitative estimate of drug-likeness (QED) is 0.688. The summed E-state index contributed by atoms with van der Waals surface area (Å²) in [5.74, 6) is 1.98. The molecule has 0 spiro atoms. The number of aromatic nitrogens is 3. The lowest BCUT2D eigenvalue weighted by atomic mass is 10.3. The molecule has 0 atom stereocenters. The minimum atomic E-state index is 0.368. The van der Waals surface area contributed by atoms with E-state index < -0.39 is 0 Å². The Morgan fingerprint density at radius 2 is 2.00 bits per heavy atom. The molecule has 8 heteroatoms. The van der Waals surface area contributed by atoms with Gasteiger partial charge in [-0.1, -0.05) is 15.9 Å². The van der Waals surface area contributed by atoms with Crippen molar-refractivity contribution in [3.8, 4) is 5.75 Å². The van der Waals surface area contributed by atoms with Crippen LogP contribution in [-0.4, -0.2) is 54.5 Å². The second-order valence-electron chi connectivity index (χ2n) is 5.31. The van der Waals surface area contributed by atoms with Crippen LogP contribution in [-0.2, 0) is 0 Å². The first kappa shape index (κ1) is 15.1. The third-order valence-corrected chi connectivity index (χ3v) is 4.31. The highest BCUT2D eigenvalue weighted by molar-refractivity contribution is 9.10. The summed E-state index contributed by atoms with van der Waals surface area (Å²) in [6, 6.07) is 7.93. The summed E-state index contributed by atoms with van der Waals surface area (Å²) in [5.41, 5.74) is 5.56. The van der Waals surface area contributed by atoms with E-state index in [4.69, 9.17) is 10.5 Å². The zero-order valence-corrected chi connectivity index (χ0v) is 13.8. The molecule has 4 N–H and O–H groups in total. The summed E-state index contributed by atoms with van der Waals surface area (Å²) in [7, 11) is 0. The maximum atomic E-state index is 5.78. The molecule has 0 bridgehead atoms. The maximum Gasteiger partial charge on any atom is 0.246 e. The number of H-pyrrole nitrogens is 1. The predicted octanol–water partition coefficient (Wildman–Crippen LogP) is -0.0667. The SMILES string of the molecule is Nc1nc(N2CC[NH+](CCOc3ccc(Br)cc3)CC2)n[nH]1. The third-order valence-electron chi connectivity index (χ3n) is 3.78. The van der Waals surface area contributed by atoms with E-state index in [9.17, 15) is 0 Å². The number of nitrogen functional groups attached to an aromatic ring is 1. The van der Waals surface area contributed by atoms with Crippen LogP contribution in [0.15, 0.2) is 28.7 Å². The Morgan fingerprint density at radius 1 is 1.27 bits per heavy atom. The number of aromatic amines is 1. The highest BCUT2D eigenvalue weighted by atomic mass is 79.9. The normalized spacial score (nSPS) is 16.0. The molecule has 1 saturated heterocycles. The Kier molecular flexibility index (Phi) is 4.79. The number of hydrogen-bond donors (Lipinski definition) is 3. The van der Waals surface area contributed by atoms with Gasteiger partial charge in [-0.15, -0.1) is 5.10 Å². The molecule has 1 aromatic carbocycles. The molecule has 3 rings (SSSR count). The predicted molar refractivity (Wildman–Crippen MR) is 88.2 cm³/mol. The van der Waals surface area contributed by atoms with Crippen LogP contribution in [0.3, 0.4) is 0 Å². The molecule has 1 fully saturated rings. The number of ether oxygens (including phenoxy) is 1. The van der Waals surface area contributed by atoms with Crippen LogP contribution in [0, 0.1) is 0 Å². The van der Waals surface area contributed by atoms with Crippen molar-refractivity contribution in [3.63, 3.8) is 0 Å². The highest BCUT2D eigenvalue weighted by Crippen LogP contribution is 2.15. The fourth-order valence-electron chi connectivity index (χ4n) is 2.52. The molecular weight excluding hydrogens is 348 g/mol. The van der Waals surface area contributed by atoms with Crippen LogP contribution < -0.4 is 20.3 Å². The molecular formula is C14H20BrN6O+. The molecule has 0 saturated carbocycles. The van der Waals surface area contributed by atoms with E-state index in [0.29, 0.717) is 11.9 Å². The van der Waals surface area contributed by atoms with Crippen LogP contribution in [0.5, 0.6) is 5.75 Å². The number of benzene rings is 1. The van der Waals surface area contributed by atoms with Crippen molar-refractivity contribution >= 4 is 27.8 Å². The number of hydrogen-bond acceptors (Lipinski definition) is 5. The fourth-order valence-corrected chi connectivity index (χ4v) is 2.79. The van der Waals surface area contributed by atoms with Gasteiger partial charge in [0.25, 0.3) is 0 Å². The summed E-state index contributed by atoms with van der Waals surface area (Å²) in [4.78, 5) is 7.86. The Labute approximate surface area is 137 Å². The summed E-state index contributed by atoms with van der Waals surface area (Å²) < 4.78 is 6.84. The van der Waals surface area contributed by atoms with Crippen LogP contribution in [0.4, 0.5) is 11.9 Å².